The molecule has 0 radical (unpaired) electrons. The summed E-state index contributed by atoms with van der Waals surface area (Å²) >= 11 is 0. The van der Waals surface area contributed by atoms with Crippen LogP contribution in [0.15, 0.2) is 23.3 Å². The minimum atomic E-state index is 0.163. The number of allylic oxidation sites excluding steroid dienone is 4. The third-order valence-corrected chi connectivity index (χ3v) is 2.15. The number of carbonyl (C=O) groups is 1. The van der Waals surface area contributed by atoms with Gasteiger partial charge in [-0.25, -0.2) is 0 Å². The SMILES string of the molecule is [2H]/C(CC)=C(\[2H])CC1=C(C)CCC1=O. The Balaban J connectivity index is 2.79. The Morgan fingerprint density at radius 2 is 2.25 bits per heavy atom. The maximum absolute atomic E-state index is 11.4. The highest BCUT2D eigenvalue weighted by Gasteiger charge is 2.17. The summed E-state index contributed by atoms with van der Waals surface area (Å²) in [6, 6.07) is 0.627. The van der Waals surface area contributed by atoms with Crippen molar-refractivity contribution in [3.63, 3.8) is 0 Å². The van der Waals surface area contributed by atoms with Crippen LogP contribution in [0.1, 0.15) is 42.3 Å². The van der Waals surface area contributed by atoms with E-state index in [9.17, 15) is 4.79 Å². The Labute approximate surface area is 77.0 Å². The summed E-state index contributed by atoms with van der Waals surface area (Å²) in [5.41, 5.74) is 1.87. The summed E-state index contributed by atoms with van der Waals surface area (Å²) in [5, 5.41) is 0. The number of ketones is 1. The molecular formula is C11H16O. The molecule has 0 saturated heterocycles. The first kappa shape index (κ1) is 6.64. The van der Waals surface area contributed by atoms with E-state index in [4.69, 9.17) is 2.74 Å². The number of rotatable bonds is 3. The number of Topliss-reactive ketones (excluding diaryl/α,β-unsaturated/α-hetero) is 1. The van der Waals surface area contributed by atoms with E-state index in [1.54, 1.807) is 0 Å². The first-order valence-corrected chi connectivity index (χ1v) is 4.43. The number of hydrogen-bond donors (Lipinski definition) is 0. The maximum atomic E-state index is 11.4. The van der Waals surface area contributed by atoms with Crippen LogP contribution in [-0.4, -0.2) is 5.78 Å². The minimum absolute atomic E-state index is 0.163. The van der Waals surface area contributed by atoms with Crippen LogP contribution >= 0.6 is 0 Å². The Hall–Kier alpha value is -0.850. The van der Waals surface area contributed by atoms with Gasteiger partial charge in [0.15, 0.2) is 5.78 Å². The zero-order valence-electron chi connectivity index (χ0n) is 9.74. The van der Waals surface area contributed by atoms with Crippen LogP contribution in [0.25, 0.3) is 0 Å². The monoisotopic (exact) mass is 166 g/mol. The molecule has 0 saturated carbocycles. The Kier molecular flexibility index (Phi) is 2.35. The van der Waals surface area contributed by atoms with Gasteiger partial charge in [0, 0.05) is 6.42 Å². The average molecular weight is 166 g/mol. The summed E-state index contributed by atoms with van der Waals surface area (Å²) in [4.78, 5) is 11.4. The highest BCUT2D eigenvalue weighted by molar-refractivity contribution is 5.98. The molecule has 0 bridgehead atoms. The van der Waals surface area contributed by atoms with Gasteiger partial charge in [0.05, 0.1) is 2.74 Å². The molecule has 1 nitrogen and oxygen atoms in total. The molecule has 0 aromatic heterocycles. The lowest BCUT2D eigenvalue weighted by atomic mass is 10.1. The minimum Gasteiger partial charge on any atom is -0.295 e. The van der Waals surface area contributed by atoms with Gasteiger partial charge in [0.1, 0.15) is 0 Å². The van der Waals surface area contributed by atoms with E-state index in [2.05, 4.69) is 0 Å². The largest absolute Gasteiger partial charge is 0.295 e. The van der Waals surface area contributed by atoms with Crippen LogP contribution in [0.2, 0.25) is 0 Å². The van der Waals surface area contributed by atoms with E-state index < -0.39 is 0 Å². The van der Waals surface area contributed by atoms with E-state index >= 15 is 0 Å². The molecule has 0 amide bonds. The van der Waals surface area contributed by atoms with E-state index in [0.717, 1.165) is 17.6 Å². The summed E-state index contributed by atoms with van der Waals surface area (Å²) in [6.07, 6.45) is 2.35. The summed E-state index contributed by atoms with van der Waals surface area (Å²) in [6.45, 7) is 3.80. The molecule has 1 rings (SSSR count). The summed E-state index contributed by atoms with van der Waals surface area (Å²) < 4.78 is 15.1. The summed E-state index contributed by atoms with van der Waals surface area (Å²) in [5.74, 6) is 0.163. The molecule has 12 heavy (non-hydrogen) atoms. The molecule has 0 aliphatic heterocycles. The first-order chi connectivity index (χ1) is 6.56. The van der Waals surface area contributed by atoms with Gasteiger partial charge in [-0.15, -0.1) is 0 Å². The predicted octanol–water partition coefficient (Wildman–Crippen LogP) is 3.02. The van der Waals surface area contributed by atoms with Crippen molar-refractivity contribution in [2.24, 2.45) is 0 Å². The Morgan fingerprint density at radius 3 is 2.75 bits per heavy atom. The van der Waals surface area contributed by atoms with Gasteiger partial charge in [-0.2, -0.15) is 0 Å². The van der Waals surface area contributed by atoms with E-state index in [-0.39, 0.29) is 11.8 Å². The quantitative estimate of drug-likeness (QED) is 0.589. The molecule has 0 atom stereocenters. The zero-order valence-corrected chi connectivity index (χ0v) is 7.74. The normalized spacial score (nSPS) is 22.3. The molecule has 0 fully saturated rings. The molecular weight excluding hydrogens is 148 g/mol. The summed E-state index contributed by atoms with van der Waals surface area (Å²) in [7, 11) is 0. The fourth-order valence-corrected chi connectivity index (χ4v) is 1.37. The topological polar surface area (TPSA) is 17.1 Å². The molecule has 1 aliphatic carbocycles. The molecule has 0 aromatic carbocycles. The van der Waals surface area contributed by atoms with E-state index in [0.29, 0.717) is 25.3 Å². The van der Waals surface area contributed by atoms with Crippen LogP contribution in [-0.2, 0) is 4.79 Å². The number of carbonyl (C=O) groups excluding carboxylic acids is 1. The van der Waals surface area contributed by atoms with Gasteiger partial charge in [-0.3, -0.25) is 4.79 Å². The Bertz CT molecular complexity index is 313. The van der Waals surface area contributed by atoms with Crippen molar-refractivity contribution in [1.29, 1.82) is 0 Å². The molecule has 1 heteroatoms. The lowest BCUT2D eigenvalue weighted by molar-refractivity contribution is -0.114. The molecule has 0 aromatic rings. The average Bonchev–Trinajstić information content (AvgIpc) is 2.48. The van der Waals surface area contributed by atoms with Crippen LogP contribution in [0, 0.1) is 0 Å². The van der Waals surface area contributed by atoms with Crippen molar-refractivity contribution in [2.45, 2.75) is 39.5 Å². The molecule has 66 valence electrons. The lowest BCUT2D eigenvalue weighted by Gasteiger charge is -1.96. The van der Waals surface area contributed by atoms with Crippen molar-refractivity contribution in [2.75, 3.05) is 0 Å². The standard InChI is InChI=1S/C11H16O/c1-3-4-5-6-10-9(2)7-8-11(10)12/h4-5H,3,6-8H2,1-2H3/b5-4-/i4D,5D. The molecule has 0 unspecified atom stereocenters. The van der Waals surface area contributed by atoms with Crippen LogP contribution in [0.5, 0.6) is 0 Å². The van der Waals surface area contributed by atoms with Crippen molar-refractivity contribution in [3.05, 3.63) is 23.3 Å². The molecule has 1 aliphatic rings. The highest BCUT2D eigenvalue weighted by atomic mass is 16.1. The van der Waals surface area contributed by atoms with Crippen molar-refractivity contribution < 1.29 is 7.54 Å². The fraction of sp³-hybridized carbons (Fsp3) is 0.545. The maximum Gasteiger partial charge on any atom is 0.159 e. The fourth-order valence-electron chi connectivity index (χ4n) is 1.37. The van der Waals surface area contributed by atoms with Gasteiger partial charge >= 0.3 is 0 Å². The molecule has 0 spiro atoms. The van der Waals surface area contributed by atoms with Gasteiger partial charge in [-0.1, -0.05) is 24.6 Å². The smallest absolute Gasteiger partial charge is 0.159 e. The third-order valence-electron chi connectivity index (χ3n) is 2.15. The van der Waals surface area contributed by atoms with E-state index in [1.165, 1.54) is 0 Å². The third kappa shape index (κ3) is 2.07. The first-order valence-electron chi connectivity index (χ1n) is 5.43. The zero-order chi connectivity index (χ0) is 10.7. The van der Waals surface area contributed by atoms with Crippen molar-refractivity contribution >= 4 is 5.78 Å². The van der Waals surface area contributed by atoms with Crippen LogP contribution in [0.4, 0.5) is 0 Å². The van der Waals surface area contributed by atoms with Gasteiger partial charge in [0.25, 0.3) is 0 Å². The second-order valence-electron chi connectivity index (χ2n) is 3.07. The lowest BCUT2D eigenvalue weighted by Crippen LogP contribution is -1.94. The number of hydrogen-bond acceptors (Lipinski definition) is 1. The second kappa shape index (κ2) is 4.24. The van der Waals surface area contributed by atoms with Crippen LogP contribution < -0.4 is 0 Å². The van der Waals surface area contributed by atoms with Gasteiger partial charge < -0.3 is 0 Å². The van der Waals surface area contributed by atoms with Gasteiger partial charge in [0.2, 0.25) is 0 Å². The van der Waals surface area contributed by atoms with E-state index in [1.807, 2.05) is 13.8 Å². The van der Waals surface area contributed by atoms with Crippen molar-refractivity contribution in [1.82, 2.24) is 0 Å². The predicted molar refractivity (Wildman–Crippen MR) is 51.0 cm³/mol. The van der Waals surface area contributed by atoms with Crippen LogP contribution in [0.3, 0.4) is 0 Å². The molecule has 0 N–H and O–H groups in total. The van der Waals surface area contributed by atoms with Crippen molar-refractivity contribution in [3.8, 4) is 0 Å². The Morgan fingerprint density at radius 1 is 1.50 bits per heavy atom. The second-order valence-corrected chi connectivity index (χ2v) is 3.07. The van der Waals surface area contributed by atoms with Gasteiger partial charge in [-0.05, 0) is 31.8 Å². The highest BCUT2D eigenvalue weighted by Crippen LogP contribution is 2.24. The molecule has 0 heterocycles.